The molecule has 0 unspecified atom stereocenters. The number of carbonyl (C=O) groups is 2. The van der Waals surface area contributed by atoms with E-state index < -0.39 is 17.6 Å². The number of nitrogens with zero attached hydrogens (tertiary/aromatic N) is 1. The van der Waals surface area contributed by atoms with E-state index in [1.807, 2.05) is 24.3 Å². The van der Waals surface area contributed by atoms with Gasteiger partial charge in [0, 0.05) is 23.8 Å². The number of ether oxygens (including phenoxy) is 1. The van der Waals surface area contributed by atoms with Crippen LogP contribution in [0.2, 0.25) is 0 Å². The Morgan fingerprint density at radius 2 is 1.70 bits per heavy atom. The molecule has 3 rings (SSSR count). The van der Waals surface area contributed by atoms with Crippen molar-refractivity contribution in [3.63, 3.8) is 0 Å². The minimum Gasteiger partial charge on any atom is -0.472 e. The summed E-state index contributed by atoms with van der Waals surface area (Å²) in [6.07, 6.45) is 4.44. The fourth-order valence-corrected chi connectivity index (χ4v) is 2.57. The van der Waals surface area contributed by atoms with Crippen LogP contribution in [-0.2, 0) is 16.0 Å². The molecule has 2 amide bonds. The summed E-state index contributed by atoms with van der Waals surface area (Å²) in [5.41, 5.74) is 2.31. The first-order valence-corrected chi connectivity index (χ1v) is 8.63. The zero-order valence-corrected chi connectivity index (χ0v) is 14.9. The van der Waals surface area contributed by atoms with Crippen molar-refractivity contribution in [3.05, 3.63) is 77.1 Å². The Bertz CT molecular complexity index is 934. The van der Waals surface area contributed by atoms with E-state index in [0.29, 0.717) is 0 Å². The summed E-state index contributed by atoms with van der Waals surface area (Å²) in [6, 6.07) is 12.1. The van der Waals surface area contributed by atoms with Crippen LogP contribution in [-0.4, -0.2) is 23.4 Å². The van der Waals surface area contributed by atoms with Gasteiger partial charge in [0.15, 0.2) is 6.73 Å². The smallest absolute Gasteiger partial charge is 0.256 e. The Morgan fingerprint density at radius 1 is 1.00 bits per heavy atom. The standard InChI is InChI=1S/C22H18FNO3/c1-2-3-16-4-6-17(7-5-16)8-9-18-10-11-19(14-20(18)23)27-15-24-21(25)12-13-22(24)26/h4-7,10-14H,2-3,15H2,1H3. The first-order valence-electron chi connectivity index (χ1n) is 8.63. The maximum Gasteiger partial charge on any atom is 0.256 e. The van der Waals surface area contributed by atoms with Gasteiger partial charge in [0.25, 0.3) is 11.8 Å². The average molecular weight is 363 g/mol. The second kappa shape index (κ2) is 8.33. The number of hydrogen-bond acceptors (Lipinski definition) is 3. The van der Waals surface area contributed by atoms with Gasteiger partial charge >= 0.3 is 0 Å². The normalized spacial score (nSPS) is 12.9. The number of halogens is 1. The lowest BCUT2D eigenvalue weighted by Gasteiger charge is -2.14. The first-order chi connectivity index (χ1) is 13.1. The third kappa shape index (κ3) is 4.62. The van der Waals surface area contributed by atoms with Crippen molar-refractivity contribution in [2.24, 2.45) is 0 Å². The second-order valence-corrected chi connectivity index (χ2v) is 6.05. The van der Waals surface area contributed by atoms with Crippen LogP contribution in [0.4, 0.5) is 4.39 Å². The van der Waals surface area contributed by atoms with Gasteiger partial charge in [0.05, 0.1) is 5.56 Å². The molecule has 1 heterocycles. The quantitative estimate of drug-likeness (QED) is 0.604. The molecule has 5 heteroatoms. The zero-order valence-electron chi connectivity index (χ0n) is 14.9. The van der Waals surface area contributed by atoms with Gasteiger partial charge in [-0.2, -0.15) is 0 Å². The van der Waals surface area contributed by atoms with E-state index in [0.717, 1.165) is 23.3 Å². The molecule has 136 valence electrons. The topological polar surface area (TPSA) is 46.6 Å². The van der Waals surface area contributed by atoms with Crippen molar-refractivity contribution in [1.29, 1.82) is 0 Å². The molecule has 2 aromatic rings. The van der Waals surface area contributed by atoms with Gasteiger partial charge in [-0.05, 0) is 36.2 Å². The van der Waals surface area contributed by atoms with Crippen LogP contribution in [0, 0.1) is 17.7 Å². The van der Waals surface area contributed by atoms with E-state index in [4.69, 9.17) is 4.74 Å². The van der Waals surface area contributed by atoms with Crippen LogP contribution in [0.1, 0.15) is 30.0 Å². The molecule has 0 aromatic heterocycles. The van der Waals surface area contributed by atoms with Crippen LogP contribution in [0.25, 0.3) is 0 Å². The van der Waals surface area contributed by atoms with Gasteiger partial charge in [-0.3, -0.25) is 9.59 Å². The molecule has 2 aromatic carbocycles. The number of benzene rings is 2. The Morgan fingerprint density at radius 3 is 2.33 bits per heavy atom. The Balaban J connectivity index is 1.65. The molecule has 0 bridgehead atoms. The molecular formula is C22H18FNO3. The van der Waals surface area contributed by atoms with Gasteiger partial charge in [0.2, 0.25) is 0 Å². The predicted octanol–water partition coefficient (Wildman–Crippen LogP) is 3.44. The van der Waals surface area contributed by atoms with Gasteiger partial charge in [0.1, 0.15) is 11.6 Å². The number of hydrogen-bond donors (Lipinski definition) is 0. The molecule has 0 fully saturated rings. The van der Waals surface area contributed by atoms with E-state index in [1.165, 1.54) is 29.8 Å². The molecule has 0 radical (unpaired) electrons. The van der Waals surface area contributed by atoms with Gasteiger partial charge in [-0.1, -0.05) is 37.3 Å². The van der Waals surface area contributed by atoms with Crippen LogP contribution in [0.3, 0.4) is 0 Å². The van der Waals surface area contributed by atoms with Crippen molar-refractivity contribution < 1.29 is 18.7 Å². The lowest BCUT2D eigenvalue weighted by molar-refractivity contribution is -0.140. The number of aryl methyl sites for hydroxylation is 1. The number of rotatable bonds is 5. The Kier molecular flexibility index (Phi) is 5.68. The molecule has 0 N–H and O–H groups in total. The van der Waals surface area contributed by atoms with Crippen LogP contribution in [0.15, 0.2) is 54.6 Å². The van der Waals surface area contributed by atoms with E-state index in [9.17, 15) is 14.0 Å². The monoisotopic (exact) mass is 363 g/mol. The van der Waals surface area contributed by atoms with Gasteiger partial charge < -0.3 is 4.74 Å². The summed E-state index contributed by atoms with van der Waals surface area (Å²) < 4.78 is 19.6. The minimum absolute atomic E-state index is 0.217. The summed E-state index contributed by atoms with van der Waals surface area (Å²) >= 11 is 0. The first kappa shape index (κ1) is 18.4. The van der Waals surface area contributed by atoms with E-state index >= 15 is 0 Å². The van der Waals surface area contributed by atoms with Crippen molar-refractivity contribution in [2.75, 3.05) is 6.73 Å². The Labute approximate surface area is 157 Å². The SMILES string of the molecule is CCCc1ccc(C#Cc2ccc(OCN3C(=O)C=CC3=O)cc2F)cc1. The second-order valence-electron chi connectivity index (χ2n) is 6.05. The highest BCUT2D eigenvalue weighted by Gasteiger charge is 2.23. The Hall–Kier alpha value is -3.39. The molecule has 4 nitrogen and oxygen atoms in total. The summed E-state index contributed by atoms with van der Waals surface area (Å²) in [7, 11) is 0. The number of amides is 2. The lowest BCUT2D eigenvalue weighted by Crippen LogP contribution is -2.33. The number of imide groups is 1. The van der Waals surface area contributed by atoms with Crippen molar-refractivity contribution in [3.8, 4) is 17.6 Å². The van der Waals surface area contributed by atoms with Crippen LogP contribution < -0.4 is 4.74 Å². The molecular weight excluding hydrogens is 345 g/mol. The fourth-order valence-electron chi connectivity index (χ4n) is 2.57. The maximum absolute atomic E-state index is 14.2. The molecule has 1 aliphatic heterocycles. The lowest BCUT2D eigenvalue weighted by atomic mass is 10.1. The molecule has 0 aliphatic carbocycles. The summed E-state index contributed by atoms with van der Waals surface area (Å²) in [5.74, 6) is 4.54. The molecule has 1 aliphatic rings. The molecule has 0 saturated carbocycles. The molecule has 0 spiro atoms. The predicted molar refractivity (Wildman–Crippen MR) is 99.3 cm³/mol. The average Bonchev–Trinajstić information content (AvgIpc) is 2.98. The van der Waals surface area contributed by atoms with Crippen LogP contribution in [0.5, 0.6) is 5.75 Å². The van der Waals surface area contributed by atoms with Crippen molar-refractivity contribution in [1.82, 2.24) is 4.90 Å². The zero-order chi connectivity index (χ0) is 19.2. The van der Waals surface area contributed by atoms with Gasteiger partial charge in [-0.15, -0.1) is 0 Å². The molecule has 27 heavy (non-hydrogen) atoms. The molecule has 0 saturated heterocycles. The van der Waals surface area contributed by atoms with E-state index in [1.54, 1.807) is 6.07 Å². The maximum atomic E-state index is 14.2. The van der Waals surface area contributed by atoms with Crippen LogP contribution >= 0.6 is 0 Å². The van der Waals surface area contributed by atoms with E-state index in [2.05, 4.69) is 18.8 Å². The highest BCUT2D eigenvalue weighted by molar-refractivity contribution is 6.12. The third-order valence-electron chi connectivity index (χ3n) is 4.04. The summed E-state index contributed by atoms with van der Waals surface area (Å²) in [6.45, 7) is 1.86. The van der Waals surface area contributed by atoms with Crippen molar-refractivity contribution >= 4 is 11.8 Å². The van der Waals surface area contributed by atoms with E-state index in [-0.39, 0.29) is 18.0 Å². The highest BCUT2D eigenvalue weighted by atomic mass is 19.1. The largest absolute Gasteiger partial charge is 0.472 e. The summed E-state index contributed by atoms with van der Waals surface area (Å²) in [5, 5.41) is 0. The minimum atomic E-state index is -0.528. The fraction of sp³-hybridized carbons (Fsp3) is 0.182. The molecule has 0 atom stereocenters. The highest BCUT2D eigenvalue weighted by Crippen LogP contribution is 2.17. The summed E-state index contributed by atoms with van der Waals surface area (Å²) in [4.78, 5) is 23.8. The van der Waals surface area contributed by atoms with Gasteiger partial charge in [-0.25, -0.2) is 9.29 Å². The third-order valence-corrected chi connectivity index (χ3v) is 4.04. The van der Waals surface area contributed by atoms with Crippen molar-refractivity contribution in [2.45, 2.75) is 19.8 Å². The number of carbonyl (C=O) groups excluding carboxylic acids is 2.